The number of benzene rings is 1. The summed E-state index contributed by atoms with van der Waals surface area (Å²) in [6, 6.07) is 6.76. The topological polar surface area (TPSA) is 57.5 Å². The molecule has 0 heterocycles. The number of hydrogen-bond donors (Lipinski definition) is 2. The molecule has 1 aromatic carbocycles. The second-order valence-electron chi connectivity index (χ2n) is 3.79. The molecular weight excluding hydrogens is 247 g/mol. The minimum absolute atomic E-state index is 0.383. The van der Waals surface area contributed by atoms with Crippen LogP contribution in [0.1, 0.15) is 32.3 Å². The van der Waals surface area contributed by atoms with Crippen molar-refractivity contribution in [3.63, 3.8) is 0 Å². The van der Waals surface area contributed by atoms with Crippen molar-refractivity contribution in [1.82, 2.24) is 0 Å². The van der Waals surface area contributed by atoms with Crippen LogP contribution in [-0.2, 0) is 9.72 Å². The first-order valence-corrected chi connectivity index (χ1v) is 7.18. The molecule has 0 spiro atoms. The summed E-state index contributed by atoms with van der Waals surface area (Å²) in [6.07, 6.45) is 0.766. The summed E-state index contributed by atoms with van der Waals surface area (Å²) < 4.78 is 11.7. The summed E-state index contributed by atoms with van der Waals surface area (Å²) in [7, 11) is -4.21. The van der Waals surface area contributed by atoms with E-state index in [-0.39, 0.29) is 0 Å². The number of rotatable bonds is 4. The van der Waals surface area contributed by atoms with Crippen LogP contribution in [0.5, 0.6) is 0 Å². The Morgan fingerprint density at radius 2 is 1.88 bits per heavy atom. The van der Waals surface area contributed by atoms with Gasteiger partial charge in [-0.2, -0.15) is 0 Å². The predicted molar refractivity (Wildman–Crippen MR) is 65.8 cm³/mol. The highest BCUT2D eigenvalue weighted by Gasteiger charge is 2.45. The highest BCUT2D eigenvalue weighted by molar-refractivity contribution is 7.53. The van der Waals surface area contributed by atoms with Gasteiger partial charge in [0.2, 0.25) is 0 Å². The van der Waals surface area contributed by atoms with E-state index in [4.69, 9.17) is 11.6 Å². The van der Waals surface area contributed by atoms with Crippen LogP contribution in [-0.4, -0.2) is 9.79 Å². The number of halogens is 1. The molecule has 0 saturated heterocycles. The van der Waals surface area contributed by atoms with Gasteiger partial charge in [-0.25, -0.2) is 0 Å². The fraction of sp³-hybridized carbons (Fsp3) is 0.455. The minimum atomic E-state index is -4.21. The van der Waals surface area contributed by atoms with Crippen molar-refractivity contribution in [3.05, 3.63) is 34.9 Å². The molecule has 3 nitrogen and oxygen atoms in total. The van der Waals surface area contributed by atoms with E-state index in [9.17, 15) is 14.4 Å². The van der Waals surface area contributed by atoms with Crippen LogP contribution in [0.3, 0.4) is 0 Å². The van der Waals surface area contributed by atoms with E-state index < -0.39 is 12.8 Å². The molecule has 0 unspecified atom stereocenters. The molecule has 0 amide bonds. The Bertz CT molecular complexity index is 409. The first kappa shape index (κ1) is 13.7. The Balaban J connectivity index is 3.38. The van der Waals surface area contributed by atoms with Gasteiger partial charge in [0.25, 0.3) is 0 Å². The van der Waals surface area contributed by atoms with Gasteiger partial charge in [0, 0.05) is 5.02 Å². The minimum Gasteiger partial charge on any atom is -0.324 e. The zero-order valence-corrected chi connectivity index (χ0v) is 11.0. The van der Waals surface area contributed by atoms with Crippen molar-refractivity contribution in [2.24, 2.45) is 0 Å². The summed E-state index contributed by atoms with van der Waals surface area (Å²) in [5.74, 6) is 0. The zero-order chi connectivity index (χ0) is 12.4. The fourth-order valence-electron chi connectivity index (χ4n) is 2.02. The summed E-state index contributed by atoms with van der Waals surface area (Å²) in [6.45, 7) is 3.56. The third-order valence-corrected chi connectivity index (χ3v) is 5.33. The van der Waals surface area contributed by atoms with Crippen molar-refractivity contribution in [2.75, 3.05) is 0 Å². The van der Waals surface area contributed by atoms with E-state index in [1.807, 2.05) is 0 Å². The molecule has 5 heteroatoms. The summed E-state index contributed by atoms with van der Waals surface area (Å²) >= 11 is 5.86. The van der Waals surface area contributed by atoms with Crippen molar-refractivity contribution in [1.29, 1.82) is 0 Å². The predicted octanol–water partition coefficient (Wildman–Crippen LogP) is 3.53. The zero-order valence-electron chi connectivity index (χ0n) is 9.35. The summed E-state index contributed by atoms with van der Waals surface area (Å²) in [5, 5.41) is -0.616. The number of hydrogen-bond acceptors (Lipinski definition) is 1. The average Bonchev–Trinajstić information content (AvgIpc) is 2.18. The van der Waals surface area contributed by atoms with Gasteiger partial charge >= 0.3 is 7.60 Å². The van der Waals surface area contributed by atoms with E-state index in [2.05, 4.69) is 0 Å². The largest absolute Gasteiger partial charge is 0.335 e. The van der Waals surface area contributed by atoms with E-state index in [1.54, 1.807) is 38.1 Å². The molecule has 0 aliphatic carbocycles. The molecule has 0 aromatic heterocycles. The Labute approximate surface area is 101 Å². The molecule has 2 N–H and O–H groups in total. The van der Waals surface area contributed by atoms with Crippen molar-refractivity contribution >= 4 is 19.2 Å². The van der Waals surface area contributed by atoms with Crippen LogP contribution in [0.2, 0.25) is 5.02 Å². The van der Waals surface area contributed by atoms with Gasteiger partial charge < -0.3 is 9.79 Å². The van der Waals surface area contributed by atoms with E-state index in [1.165, 1.54) is 0 Å². The molecular formula is C11H16ClO3P. The molecule has 0 saturated carbocycles. The monoisotopic (exact) mass is 262 g/mol. The van der Waals surface area contributed by atoms with Gasteiger partial charge in [-0.05, 0) is 30.5 Å². The first-order valence-electron chi connectivity index (χ1n) is 5.19. The molecule has 0 radical (unpaired) electrons. The average molecular weight is 263 g/mol. The Morgan fingerprint density at radius 3 is 2.25 bits per heavy atom. The maximum atomic E-state index is 11.7. The fourth-order valence-corrected chi connectivity index (χ4v) is 3.51. The van der Waals surface area contributed by atoms with Crippen LogP contribution in [0.25, 0.3) is 0 Å². The third-order valence-electron chi connectivity index (χ3n) is 3.09. The van der Waals surface area contributed by atoms with Crippen LogP contribution in [0, 0.1) is 0 Å². The Morgan fingerprint density at radius 1 is 1.31 bits per heavy atom. The van der Waals surface area contributed by atoms with Gasteiger partial charge in [0.1, 0.15) is 0 Å². The molecule has 0 atom stereocenters. The third kappa shape index (κ3) is 2.33. The Hall–Kier alpha value is -0.340. The van der Waals surface area contributed by atoms with Crippen molar-refractivity contribution < 1.29 is 14.4 Å². The highest BCUT2D eigenvalue weighted by Crippen LogP contribution is 2.60. The van der Waals surface area contributed by atoms with Crippen molar-refractivity contribution in [2.45, 2.75) is 31.8 Å². The van der Waals surface area contributed by atoms with Gasteiger partial charge in [-0.15, -0.1) is 0 Å². The van der Waals surface area contributed by atoms with Crippen molar-refractivity contribution in [3.8, 4) is 0 Å². The Kier molecular flexibility index (Phi) is 4.19. The molecule has 0 aliphatic heterocycles. The summed E-state index contributed by atoms with van der Waals surface area (Å²) in [4.78, 5) is 19.1. The van der Waals surface area contributed by atoms with Gasteiger partial charge in [-0.3, -0.25) is 4.57 Å². The lowest BCUT2D eigenvalue weighted by atomic mass is 9.93. The smallest absolute Gasteiger partial charge is 0.324 e. The maximum absolute atomic E-state index is 11.7. The van der Waals surface area contributed by atoms with Gasteiger partial charge in [-0.1, -0.05) is 37.6 Å². The summed E-state index contributed by atoms with van der Waals surface area (Å²) in [5.41, 5.74) is 0.610. The quantitative estimate of drug-likeness (QED) is 0.816. The molecule has 1 rings (SSSR count). The normalized spacial score (nSPS) is 12.8. The van der Waals surface area contributed by atoms with E-state index in [0.717, 1.165) is 0 Å². The molecule has 90 valence electrons. The maximum Gasteiger partial charge on any atom is 0.335 e. The standard InChI is InChI=1S/C11H16ClO3P/c1-3-11(4-2,16(13,14)15)9-6-5-7-10(12)8-9/h5-8H,3-4H2,1-2H3,(H2,13,14,15). The lowest BCUT2D eigenvalue weighted by Crippen LogP contribution is -2.24. The van der Waals surface area contributed by atoms with Crippen LogP contribution in [0.15, 0.2) is 24.3 Å². The highest BCUT2D eigenvalue weighted by atomic mass is 35.5. The second kappa shape index (κ2) is 4.89. The van der Waals surface area contributed by atoms with Gasteiger partial charge in [0.15, 0.2) is 0 Å². The van der Waals surface area contributed by atoms with Crippen LogP contribution >= 0.6 is 19.2 Å². The van der Waals surface area contributed by atoms with Gasteiger partial charge in [0.05, 0.1) is 5.16 Å². The molecule has 1 aromatic rings. The molecule has 0 fully saturated rings. The molecule has 0 bridgehead atoms. The molecule has 16 heavy (non-hydrogen) atoms. The molecule has 0 aliphatic rings. The first-order chi connectivity index (χ1) is 7.37. The van der Waals surface area contributed by atoms with E-state index >= 15 is 0 Å². The van der Waals surface area contributed by atoms with Crippen LogP contribution in [0.4, 0.5) is 0 Å². The SMILES string of the molecule is CCC(CC)(c1cccc(Cl)c1)P(=O)(O)O. The second-order valence-corrected chi connectivity index (χ2v) is 6.17. The lowest BCUT2D eigenvalue weighted by molar-refractivity contribution is 0.315. The van der Waals surface area contributed by atoms with E-state index in [0.29, 0.717) is 23.4 Å². The lowest BCUT2D eigenvalue weighted by Gasteiger charge is -2.32. The van der Waals surface area contributed by atoms with Crippen LogP contribution < -0.4 is 0 Å².